The van der Waals surface area contributed by atoms with Crippen LogP contribution in [-0.2, 0) is 4.79 Å². The number of likely N-dealkylation sites (N-methyl/N-ethyl adjacent to an activating group) is 2. The maximum absolute atomic E-state index is 10.9. The highest BCUT2D eigenvalue weighted by atomic mass is 16.1. The van der Waals surface area contributed by atoms with Gasteiger partial charge in [0.1, 0.15) is 0 Å². The van der Waals surface area contributed by atoms with Gasteiger partial charge in [0.25, 0.3) is 0 Å². The molecule has 92 valence electrons. The molecule has 0 heterocycles. The van der Waals surface area contributed by atoms with E-state index < -0.39 is 0 Å². The van der Waals surface area contributed by atoms with E-state index in [4.69, 9.17) is 0 Å². The monoisotopic (exact) mass is 217 g/mol. The van der Waals surface area contributed by atoms with Crippen molar-refractivity contribution in [3.8, 4) is 0 Å². The molecule has 0 aliphatic rings. The lowest BCUT2D eigenvalue weighted by atomic mass is 10.3. The summed E-state index contributed by atoms with van der Waals surface area (Å²) in [6.45, 7) is 6.86. The molecule has 0 radical (unpaired) electrons. The molecule has 0 rings (SSSR count). The molecule has 0 aromatic carbocycles. The molecule has 0 spiro atoms. The predicted octanol–water partition coefficient (Wildman–Crippen LogP) is 0.642. The van der Waals surface area contributed by atoms with Crippen molar-refractivity contribution in [2.24, 2.45) is 0 Å². The Bertz CT molecular complexity index is 149. The van der Waals surface area contributed by atoms with Crippen LogP contribution in [0.3, 0.4) is 0 Å². The zero-order valence-corrected chi connectivity index (χ0v) is 11.1. The van der Waals surface area contributed by atoms with E-state index in [0.717, 1.165) is 19.6 Å². The lowest BCUT2D eigenvalue weighted by molar-refractivity contribution is -0.120. The van der Waals surface area contributed by atoms with Crippen LogP contribution in [0.1, 0.15) is 20.3 Å². The Kier molecular flexibility index (Phi) is 12.8. The molecule has 15 heavy (non-hydrogen) atoms. The normalized spacial score (nSPS) is 9.87. The zero-order valence-electron chi connectivity index (χ0n) is 11.1. The quantitative estimate of drug-likeness (QED) is 0.709. The van der Waals surface area contributed by atoms with E-state index in [2.05, 4.69) is 15.1 Å². The number of hydrogen-bond donors (Lipinski definition) is 1. The van der Waals surface area contributed by atoms with Gasteiger partial charge in [-0.3, -0.25) is 4.79 Å². The van der Waals surface area contributed by atoms with Crippen molar-refractivity contribution < 1.29 is 4.79 Å². The van der Waals surface area contributed by atoms with Crippen molar-refractivity contribution in [1.82, 2.24) is 15.1 Å². The van der Waals surface area contributed by atoms with E-state index in [0.29, 0.717) is 6.42 Å². The molecule has 0 fully saturated rings. The second-order valence-corrected chi connectivity index (χ2v) is 3.53. The van der Waals surface area contributed by atoms with Gasteiger partial charge in [0.2, 0.25) is 5.91 Å². The van der Waals surface area contributed by atoms with Crippen molar-refractivity contribution in [1.29, 1.82) is 0 Å². The van der Waals surface area contributed by atoms with Gasteiger partial charge in [-0.05, 0) is 21.1 Å². The summed E-state index contributed by atoms with van der Waals surface area (Å²) in [5.74, 6) is 0.108. The minimum Gasteiger partial charge on any atom is -0.359 e. The number of amides is 1. The van der Waals surface area contributed by atoms with Crippen molar-refractivity contribution in [3.63, 3.8) is 0 Å². The summed E-state index contributed by atoms with van der Waals surface area (Å²) in [4.78, 5) is 15.2. The van der Waals surface area contributed by atoms with Gasteiger partial charge in [0, 0.05) is 33.1 Å². The van der Waals surface area contributed by atoms with Crippen LogP contribution < -0.4 is 5.32 Å². The summed E-state index contributed by atoms with van der Waals surface area (Å²) in [6.07, 6.45) is 0.584. The summed E-state index contributed by atoms with van der Waals surface area (Å²) >= 11 is 0. The number of carbonyl (C=O) groups excluding carboxylic acids is 1. The highest BCUT2D eigenvalue weighted by Gasteiger charge is 2.02. The number of hydrogen-bond acceptors (Lipinski definition) is 3. The molecule has 0 aromatic rings. The molecular formula is C11H27N3O. The first-order valence-electron chi connectivity index (χ1n) is 5.60. The van der Waals surface area contributed by atoms with Gasteiger partial charge in [-0.2, -0.15) is 0 Å². The molecule has 0 aromatic heterocycles. The fraction of sp³-hybridized carbons (Fsp3) is 0.909. The minimum absolute atomic E-state index is 0.108. The fourth-order valence-corrected chi connectivity index (χ4v) is 0.900. The van der Waals surface area contributed by atoms with Gasteiger partial charge in [-0.25, -0.2) is 0 Å². The SMILES string of the molecule is CC.CNC(=O)CCN(C)CCN(C)C. The van der Waals surface area contributed by atoms with Crippen LogP contribution in [0.25, 0.3) is 0 Å². The maximum Gasteiger partial charge on any atom is 0.221 e. The average molecular weight is 217 g/mol. The van der Waals surface area contributed by atoms with Crippen LogP contribution in [0.4, 0.5) is 0 Å². The second kappa shape index (κ2) is 11.5. The van der Waals surface area contributed by atoms with Gasteiger partial charge in [0.05, 0.1) is 0 Å². The lowest BCUT2D eigenvalue weighted by Gasteiger charge is -2.18. The first-order valence-corrected chi connectivity index (χ1v) is 5.60. The lowest BCUT2D eigenvalue weighted by Crippen LogP contribution is -2.31. The van der Waals surface area contributed by atoms with Crippen LogP contribution in [-0.4, -0.2) is 63.5 Å². The van der Waals surface area contributed by atoms with Gasteiger partial charge in [-0.1, -0.05) is 13.8 Å². The van der Waals surface area contributed by atoms with Crippen LogP contribution >= 0.6 is 0 Å². The fourth-order valence-electron chi connectivity index (χ4n) is 0.900. The maximum atomic E-state index is 10.9. The van der Waals surface area contributed by atoms with Crippen LogP contribution in [0.15, 0.2) is 0 Å². The first-order chi connectivity index (χ1) is 7.06. The molecule has 0 atom stereocenters. The third-order valence-electron chi connectivity index (χ3n) is 1.93. The topological polar surface area (TPSA) is 35.6 Å². The number of nitrogens with zero attached hydrogens (tertiary/aromatic N) is 2. The summed E-state index contributed by atoms with van der Waals surface area (Å²) in [7, 11) is 7.80. The molecule has 0 aliphatic carbocycles. The Morgan fingerprint density at radius 1 is 1.07 bits per heavy atom. The standard InChI is InChI=1S/C9H21N3O.C2H6/c1-10-9(13)5-6-12(4)8-7-11(2)3;1-2/h5-8H2,1-4H3,(H,10,13);1-2H3. The average Bonchev–Trinajstić information content (AvgIpc) is 2.25. The van der Waals surface area contributed by atoms with E-state index in [1.807, 2.05) is 35.0 Å². The molecular weight excluding hydrogens is 190 g/mol. The van der Waals surface area contributed by atoms with E-state index in [9.17, 15) is 4.79 Å². The molecule has 0 aliphatic heterocycles. The van der Waals surface area contributed by atoms with E-state index in [1.54, 1.807) is 7.05 Å². The van der Waals surface area contributed by atoms with Crippen LogP contribution in [0, 0.1) is 0 Å². The zero-order chi connectivity index (χ0) is 12.3. The molecule has 0 bridgehead atoms. The van der Waals surface area contributed by atoms with Gasteiger partial charge in [-0.15, -0.1) is 0 Å². The van der Waals surface area contributed by atoms with Crippen molar-refractivity contribution in [2.75, 3.05) is 47.8 Å². The number of rotatable bonds is 6. The van der Waals surface area contributed by atoms with E-state index in [-0.39, 0.29) is 5.91 Å². The summed E-state index contributed by atoms with van der Waals surface area (Å²) in [5.41, 5.74) is 0. The summed E-state index contributed by atoms with van der Waals surface area (Å²) in [6, 6.07) is 0. The van der Waals surface area contributed by atoms with E-state index >= 15 is 0 Å². The van der Waals surface area contributed by atoms with Crippen molar-refractivity contribution in [2.45, 2.75) is 20.3 Å². The largest absolute Gasteiger partial charge is 0.359 e. The van der Waals surface area contributed by atoms with Crippen molar-refractivity contribution in [3.05, 3.63) is 0 Å². The Balaban J connectivity index is 0. The summed E-state index contributed by atoms with van der Waals surface area (Å²) < 4.78 is 0. The highest BCUT2D eigenvalue weighted by Crippen LogP contribution is 1.87. The Morgan fingerprint density at radius 2 is 1.60 bits per heavy atom. The highest BCUT2D eigenvalue weighted by molar-refractivity contribution is 5.75. The predicted molar refractivity (Wildman–Crippen MR) is 66.1 cm³/mol. The molecule has 4 heteroatoms. The van der Waals surface area contributed by atoms with E-state index in [1.165, 1.54) is 0 Å². The van der Waals surface area contributed by atoms with Crippen LogP contribution in [0.5, 0.6) is 0 Å². The van der Waals surface area contributed by atoms with Gasteiger partial charge in [0.15, 0.2) is 0 Å². The second-order valence-electron chi connectivity index (χ2n) is 3.53. The van der Waals surface area contributed by atoms with Crippen LogP contribution in [0.2, 0.25) is 0 Å². The number of nitrogens with one attached hydrogen (secondary N) is 1. The molecule has 1 N–H and O–H groups in total. The van der Waals surface area contributed by atoms with Gasteiger partial charge < -0.3 is 15.1 Å². The summed E-state index contributed by atoms with van der Waals surface area (Å²) in [5, 5.41) is 2.61. The Hall–Kier alpha value is -0.610. The number of carbonyl (C=O) groups is 1. The third kappa shape index (κ3) is 13.4. The molecule has 0 unspecified atom stereocenters. The molecule has 0 saturated carbocycles. The Labute approximate surface area is 94.6 Å². The smallest absolute Gasteiger partial charge is 0.221 e. The molecule has 4 nitrogen and oxygen atoms in total. The minimum atomic E-state index is 0.108. The van der Waals surface area contributed by atoms with Crippen molar-refractivity contribution >= 4 is 5.91 Å². The van der Waals surface area contributed by atoms with Gasteiger partial charge >= 0.3 is 0 Å². The first kappa shape index (κ1) is 16.8. The molecule has 1 amide bonds. The third-order valence-corrected chi connectivity index (χ3v) is 1.93. The molecule has 0 saturated heterocycles. The Morgan fingerprint density at radius 3 is 2.00 bits per heavy atom.